The average Bonchev–Trinajstić information content (AvgIpc) is 2.38. The minimum Gasteiger partial charge on any atom is -0.506 e. The fraction of sp³-hybridized carbons (Fsp3) is 0.250. The number of hydrogen-bond acceptors (Lipinski definition) is 2. The summed E-state index contributed by atoms with van der Waals surface area (Å²) < 4.78 is 0. The maximum Gasteiger partial charge on any atom is 0.138 e. The van der Waals surface area contributed by atoms with Crippen LogP contribution >= 0.6 is 0 Å². The molecule has 0 heterocycles. The number of benzene rings is 2. The highest BCUT2D eigenvalue weighted by atomic mass is 16.3. The van der Waals surface area contributed by atoms with Crippen molar-refractivity contribution < 1.29 is 5.11 Å². The highest BCUT2D eigenvalue weighted by Crippen LogP contribution is 2.30. The van der Waals surface area contributed by atoms with Gasteiger partial charge in [0.15, 0.2) is 0 Å². The molecule has 0 aliphatic rings. The third-order valence-corrected chi connectivity index (χ3v) is 3.04. The lowest BCUT2D eigenvalue weighted by atomic mass is 9.96. The topological polar surface area (TPSA) is 32.3 Å². The Bertz CT molecular complexity index is 493. The normalized spacial score (nSPS) is 12.4. The largest absolute Gasteiger partial charge is 0.506 e. The van der Waals surface area contributed by atoms with Crippen LogP contribution in [0.3, 0.4) is 0 Å². The predicted octanol–water partition coefficient (Wildman–Crippen LogP) is 4.20. The molecule has 94 valence electrons. The molecule has 0 saturated carbocycles. The number of aromatic hydroxyl groups is 1. The van der Waals surface area contributed by atoms with Crippen molar-refractivity contribution in [3.63, 3.8) is 0 Å². The zero-order valence-corrected chi connectivity index (χ0v) is 10.8. The molecule has 2 rings (SSSR count). The Hall–Kier alpha value is -1.96. The molecule has 0 spiro atoms. The first-order valence-electron chi connectivity index (χ1n) is 6.28. The van der Waals surface area contributed by atoms with Gasteiger partial charge in [0.25, 0.3) is 0 Å². The number of phenolic OH excluding ortho intramolecular Hbond substituents is 1. The van der Waals surface area contributed by atoms with E-state index in [2.05, 4.69) is 31.3 Å². The van der Waals surface area contributed by atoms with Crippen LogP contribution in [0.1, 0.15) is 25.5 Å². The molecule has 0 aromatic heterocycles. The SMILES string of the molecule is CC(C)C(Nc1ccccc1O)c1ccccc1. The van der Waals surface area contributed by atoms with E-state index in [1.165, 1.54) is 5.56 Å². The third kappa shape index (κ3) is 2.83. The molecular weight excluding hydrogens is 222 g/mol. The minimum atomic E-state index is 0.194. The zero-order chi connectivity index (χ0) is 13.0. The molecule has 0 aliphatic carbocycles. The molecule has 0 saturated heterocycles. The number of phenols is 1. The minimum absolute atomic E-state index is 0.194. The van der Waals surface area contributed by atoms with Gasteiger partial charge in [-0.05, 0) is 23.6 Å². The Kier molecular flexibility index (Phi) is 3.88. The van der Waals surface area contributed by atoms with Gasteiger partial charge < -0.3 is 10.4 Å². The molecular formula is C16H19NO. The van der Waals surface area contributed by atoms with Crippen LogP contribution in [-0.2, 0) is 0 Å². The van der Waals surface area contributed by atoms with Crippen LogP contribution in [0.25, 0.3) is 0 Å². The molecule has 2 aromatic carbocycles. The monoisotopic (exact) mass is 241 g/mol. The van der Waals surface area contributed by atoms with Crippen LogP contribution in [0.15, 0.2) is 54.6 Å². The Labute approximate surface area is 108 Å². The molecule has 18 heavy (non-hydrogen) atoms. The molecule has 1 unspecified atom stereocenters. The number of nitrogens with one attached hydrogen (secondary N) is 1. The van der Waals surface area contributed by atoms with Gasteiger partial charge in [-0.25, -0.2) is 0 Å². The Morgan fingerprint density at radius 3 is 2.11 bits per heavy atom. The molecule has 0 bridgehead atoms. The van der Waals surface area contributed by atoms with E-state index in [9.17, 15) is 5.11 Å². The van der Waals surface area contributed by atoms with Gasteiger partial charge >= 0.3 is 0 Å². The van der Waals surface area contributed by atoms with E-state index in [1.54, 1.807) is 6.07 Å². The summed E-state index contributed by atoms with van der Waals surface area (Å²) in [7, 11) is 0. The van der Waals surface area contributed by atoms with Crippen molar-refractivity contribution in [3.8, 4) is 5.75 Å². The second-order valence-corrected chi connectivity index (χ2v) is 4.79. The van der Waals surface area contributed by atoms with Crippen LogP contribution in [0.2, 0.25) is 0 Å². The van der Waals surface area contributed by atoms with Crippen molar-refractivity contribution in [2.75, 3.05) is 5.32 Å². The average molecular weight is 241 g/mol. The van der Waals surface area contributed by atoms with Crippen LogP contribution in [0.5, 0.6) is 5.75 Å². The molecule has 2 aromatic rings. The maximum absolute atomic E-state index is 9.83. The van der Waals surface area contributed by atoms with Gasteiger partial charge in [-0.2, -0.15) is 0 Å². The molecule has 0 radical (unpaired) electrons. The lowest BCUT2D eigenvalue weighted by Gasteiger charge is -2.24. The molecule has 1 atom stereocenters. The lowest BCUT2D eigenvalue weighted by Crippen LogP contribution is -2.16. The molecule has 2 nitrogen and oxygen atoms in total. The number of hydrogen-bond donors (Lipinski definition) is 2. The van der Waals surface area contributed by atoms with Crippen LogP contribution in [0.4, 0.5) is 5.69 Å². The first kappa shape index (κ1) is 12.5. The smallest absolute Gasteiger partial charge is 0.138 e. The number of para-hydroxylation sites is 2. The summed E-state index contributed by atoms with van der Waals surface area (Å²) in [6.45, 7) is 4.34. The lowest BCUT2D eigenvalue weighted by molar-refractivity contribution is 0.473. The first-order valence-corrected chi connectivity index (χ1v) is 6.28. The van der Waals surface area contributed by atoms with Crippen LogP contribution < -0.4 is 5.32 Å². The Morgan fingerprint density at radius 2 is 1.50 bits per heavy atom. The molecule has 0 aliphatic heterocycles. The van der Waals surface area contributed by atoms with Crippen molar-refractivity contribution in [2.45, 2.75) is 19.9 Å². The highest BCUT2D eigenvalue weighted by molar-refractivity contribution is 5.56. The predicted molar refractivity (Wildman–Crippen MR) is 75.8 cm³/mol. The summed E-state index contributed by atoms with van der Waals surface area (Å²) in [5, 5.41) is 13.2. The van der Waals surface area contributed by atoms with Crippen molar-refractivity contribution in [2.24, 2.45) is 5.92 Å². The second-order valence-electron chi connectivity index (χ2n) is 4.79. The van der Waals surface area contributed by atoms with Gasteiger partial charge in [0.2, 0.25) is 0 Å². The highest BCUT2D eigenvalue weighted by Gasteiger charge is 2.16. The second kappa shape index (κ2) is 5.58. The van der Waals surface area contributed by atoms with Gasteiger partial charge in [-0.3, -0.25) is 0 Å². The molecule has 0 amide bonds. The summed E-state index contributed by atoms with van der Waals surface area (Å²) >= 11 is 0. The maximum atomic E-state index is 9.83. The summed E-state index contributed by atoms with van der Waals surface area (Å²) in [6, 6.07) is 17.8. The van der Waals surface area contributed by atoms with Crippen molar-refractivity contribution >= 4 is 5.69 Å². The summed E-state index contributed by atoms with van der Waals surface area (Å²) in [5.41, 5.74) is 2.01. The standard InChI is InChI=1S/C16H19NO/c1-12(2)16(13-8-4-3-5-9-13)17-14-10-6-7-11-15(14)18/h3-12,16-18H,1-2H3. The fourth-order valence-electron chi connectivity index (χ4n) is 2.06. The van der Waals surface area contributed by atoms with E-state index in [0.717, 1.165) is 5.69 Å². The van der Waals surface area contributed by atoms with E-state index in [1.807, 2.05) is 36.4 Å². The molecule has 0 fully saturated rings. The quantitative estimate of drug-likeness (QED) is 0.786. The van der Waals surface area contributed by atoms with E-state index < -0.39 is 0 Å². The van der Waals surface area contributed by atoms with Gasteiger partial charge in [-0.1, -0.05) is 56.3 Å². The molecule has 2 N–H and O–H groups in total. The van der Waals surface area contributed by atoms with Crippen molar-refractivity contribution in [3.05, 3.63) is 60.2 Å². The van der Waals surface area contributed by atoms with Gasteiger partial charge in [0.1, 0.15) is 5.75 Å². The van der Waals surface area contributed by atoms with Gasteiger partial charge in [0.05, 0.1) is 11.7 Å². The van der Waals surface area contributed by atoms with E-state index in [4.69, 9.17) is 0 Å². The summed E-state index contributed by atoms with van der Waals surface area (Å²) in [5.74, 6) is 0.728. The number of rotatable bonds is 4. The van der Waals surface area contributed by atoms with E-state index in [-0.39, 0.29) is 6.04 Å². The first-order chi connectivity index (χ1) is 8.68. The Balaban J connectivity index is 2.26. The summed E-state index contributed by atoms with van der Waals surface area (Å²) in [4.78, 5) is 0. The molecule has 2 heteroatoms. The zero-order valence-electron chi connectivity index (χ0n) is 10.8. The van der Waals surface area contributed by atoms with E-state index >= 15 is 0 Å². The number of anilines is 1. The van der Waals surface area contributed by atoms with E-state index in [0.29, 0.717) is 11.7 Å². The van der Waals surface area contributed by atoms with Crippen molar-refractivity contribution in [1.29, 1.82) is 0 Å². The van der Waals surface area contributed by atoms with Crippen LogP contribution in [-0.4, -0.2) is 5.11 Å². The third-order valence-electron chi connectivity index (χ3n) is 3.04. The van der Waals surface area contributed by atoms with Gasteiger partial charge in [-0.15, -0.1) is 0 Å². The fourth-order valence-corrected chi connectivity index (χ4v) is 2.06. The Morgan fingerprint density at radius 1 is 0.889 bits per heavy atom. The van der Waals surface area contributed by atoms with Gasteiger partial charge in [0, 0.05) is 0 Å². The van der Waals surface area contributed by atoms with Crippen molar-refractivity contribution in [1.82, 2.24) is 0 Å². The van der Waals surface area contributed by atoms with Crippen LogP contribution in [0, 0.1) is 5.92 Å². The summed E-state index contributed by atoms with van der Waals surface area (Å²) in [6.07, 6.45) is 0.